The molecule has 0 aliphatic heterocycles. The zero-order chi connectivity index (χ0) is 14.4. The van der Waals surface area contributed by atoms with Gasteiger partial charge in [0.1, 0.15) is 5.52 Å². The van der Waals surface area contributed by atoms with Crippen molar-refractivity contribution in [3.05, 3.63) is 36.2 Å². The molecule has 2 aromatic rings. The number of carbonyl (C=O) groups is 1. The van der Waals surface area contributed by atoms with Crippen molar-refractivity contribution in [1.29, 1.82) is 0 Å². The van der Waals surface area contributed by atoms with E-state index in [2.05, 4.69) is 22.2 Å². The Morgan fingerprint density at radius 1 is 1.35 bits per heavy atom. The molecule has 0 spiro atoms. The minimum absolute atomic E-state index is 0.107. The predicted molar refractivity (Wildman–Crippen MR) is 81.0 cm³/mol. The van der Waals surface area contributed by atoms with Crippen LogP contribution in [0.4, 0.5) is 0 Å². The van der Waals surface area contributed by atoms with Gasteiger partial charge in [0.15, 0.2) is 0 Å². The Morgan fingerprint density at radius 2 is 2.15 bits per heavy atom. The van der Waals surface area contributed by atoms with E-state index in [1.54, 1.807) is 18.5 Å². The van der Waals surface area contributed by atoms with E-state index in [9.17, 15) is 4.79 Å². The van der Waals surface area contributed by atoms with Gasteiger partial charge in [-0.1, -0.05) is 19.4 Å². The number of para-hydroxylation sites is 1. The van der Waals surface area contributed by atoms with Gasteiger partial charge >= 0.3 is 0 Å². The fraction of sp³-hybridized carbons (Fsp3) is 0.400. The molecular formula is C15H18ClN3O. The van der Waals surface area contributed by atoms with Crippen molar-refractivity contribution in [2.45, 2.75) is 19.8 Å². The van der Waals surface area contributed by atoms with E-state index in [1.165, 1.54) is 0 Å². The molecule has 1 aromatic heterocycles. The number of amides is 1. The summed E-state index contributed by atoms with van der Waals surface area (Å²) in [5.41, 5.74) is 1.93. The lowest BCUT2D eigenvalue weighted by Crippen LogP contribution is -2.29. The molecule has 1 N–H and O–H groups in total. The second-order valence-corrected chi connectivity index (χ2v) is 5.07. The van der Waals surface area contributed by atoms with Gasteiger partial charge in [-0.3, -0.25) is 14.8 Å². The van der Waals surface area contributed by atoms with Crippen LogP contribution >= 0.6 is 11.6 Å². The Hall–Kier alpha value is -1.68. The summed E-state index contributed by atoms with van der Waals surface area (Å²) >= 11 is 5.75. The third-order valence-corrected chi connectivity index (χ3v) is 3.61. The number of carbonyl (C=O) groups excluding carboxylic acids is 1. The van der Waals surface area contributed by atoms with Crippen LogP contribution in [0, 0.1) is 5.92 Å². The predicted octanol–water partition coefficient (Wildman–Crippen LogP) is 3.01. The summed E-state index contributed by atoms with van der Waals surface area (Å²) in [7, 11) is 0. The van der Waals surface area contributed by atoms with Gasteiger partial charge in [0.2, 0.25) is 0 Å². The van der Waals surface area contributed by atoms with Crippen molar-refractivity contribution < 1.29 is 4.79 Å². The highest BCUT2D eigenvalue weighted by Crippen LogP contribution is 2.14. The van der Waals surface area contributed by atoms with Gasteiger partial charge in [0.05, 0.1) is 11.1 Å². The number of alkyl halides is 1. The van der Waals surface area contributed by atoms with Crippen molar-refractivity contribution in [2.75, 3.05) is 12.4 Å². The average Bonchev–Trinajstić information content (AvgIpc) is 2.50. The average molecular weight is 292 g/mol. The Balaban J connectivity index is 2.11. The molecule has 1 aromatic carbocycles. The summed E-state index contributed by atoms with van der Waals surface area (Å²) in [6.45, 7) is 2.74. The lowest BCUT2D eigenvalue weighted by molar-refractivity contribution is 0.0948. The molecule has 5 heteroatoms. The van der Waals surface area contributed by atoms with Crippen LogP contribution in [0.25, 0.3) is 11.0 Å². The number of hydrogen-bond acceptors (Lipinski definition) is 3. The van der Waals surface area contributed by atoms with Crippen LogP contribution in [0.15, 0.2) is 30.6 Å². The summed E-state index contributed by atoms with van der Waals surface area (Å²) in [5, 5.41) is 2.96. The molecule has 0 bridgehead atoms. The molecule has 1 atom stereocenters. The molecule has 1 unspecified atom stereocenters. The standard InChI is InChI=1S/C15H18ClN3O/c1-2-11(6-7-16)10-19-15(20)12-4-3-5-13-14(12)18-9-8-17-13/h3-5,8-9,11H,2,6-7,10H2,1H3,(H,19,20). The molecule has 0 radical (unpaired) electrons. The van der Waals surface area contributed by atoms with Crippen LogP contribution in [0.3, 0.4) is 0 Å². The first-order valence-electron chi connectivity index (χ1n) is 6.80. The smallest absolute Gasteiger partial charge is 0.253 e. The number of fused-ring (bicyclic) bond motifs is 1. The van der Waals surface area contributed by atoms with Crippen LogP contribution in [-0.4, -0.2) is 28.3 Å². The maximum Gasteiger partial charge on any atom is 0.253 e. The van der Waals surface area contributed by atoms with E-state index in [0.29, 0.717) is 29.4 Å². The van der Waals surface area contributed by atoms with Crippen LogP contribution in [0.2, 0.25) is 0 Å². The summed E-state index contributed by atoms with van der Waals surface area (Å²) < 4.78 is 0. The largest absolute Gasteiger partial charge is 0.352 e. The molecule has 0 saturated heterocycles. The number of nitrogens with one attached hydrogen (secondary N) is 1. The van der Waals surface area contributed by atoms with Crippen molar-refractivity contribution in [3.8, 4) is 0 Å². The highest BCUT2D eigenvalue weighted by atomic mass is 35.5. The lowest BCUT2D eigenvalue weighted by atomic mass is 10.0. The molecule has 0 fully saturated rings. The maximum absolute atomic E-state index is 12.3. The molecule has 106 valence electrons. The third kappa shape index (κ3) is 3.45. The SMILES string of the molecule is CCC(CCCl)CNC(=O)c1cccc2nccnc12. The van der Waals surface area contributed by atoms with Gasteiger partial charge in [-0.25, -0.2) is 0 Å². The quantitative estimate of drug-likeness (QED) is 0.832. The van der Waals surface area contributed by atoms with Crippen LogP contribution in [-0.2, 0) is 0 Å². The molecule has 1 heterocycles. The first-order valence-corrected chi connectivity index (χ1v) is 7.33. The third-order valence-electron chi connectivity index (χ3n) is 3.39. The van der Waals surface area contributed by atoms with Crippen LogP contribution < -0.4 is 5.32 Å². The number of hydrogen-bond donors (Lipinski definition) is 1. The van der Waals surface area contributed by atoms with E-state index >= 15 is 0 Å². The number of benzene rings is 1. The molecular weight excluding hydrogens is 274 g/mol. The summed E-state index contributed by atoms with van der Waals surface area (Å²) in [5.74, 6) is 0.926. The molecule has 4 nitrogen and oxygen atoms in total. The van der Waals surface area contributed by atoms with Crippen molar-refractivity contribution in [2.24, 2.45) is 5.92 Å². The molecule has 1 amide bonds. The van der Waals surface area contributed by atoms with E-state index in [0.717, 1.165) is 18.4 Å². The van der Waals surface area contributed by atoms with Crippen molar-refractivity contribution in [3.63, 3.8) is 0 Å². The Bertz CT molecular complexity index is 583. The second kappa shape index (κ2) is 7.20. The fourth-order valence-electron chi connectivity index (χ4n) is 2.11. The summed E-state index contributed by atoms with van der Waals surface area (Å²) in [6, 6.07) is 5.44. The van der Waals surface area contributed by atoms with Crippen molar-refractivity contribution in [1.82, 2.24) is 15.3 Å². The first-order chi connectivity index (χ1) is 9.76. The molecule has 2 rings (SSSR count). The number of rotatable bonds is 6. The highest BCUT2D eigenvalue weighted by Gasteiger charge is 2.13. The van der Waals surface area contributed by atoms with E-state index in [4.69, 9.17) is 11.6 Å². The van der Waals surface area contributed by atoms with E-state index in [-0.39, 0.29) is 5.91 Å². The Morgan fingerprint density at radius 3 is 2.90 bits per heavy atom. The van der Waals surface area contributed by atoms with E-state index < -0.39 is 0 Å². The monoisotopic (exact) mass is 291 g/mol. The van der Waals surface area contributed by atoms with Gasteiger partial charge in [0, 0.05) is 24.8 Å². The van der Waals surface area contributed by atoms with Crippen LogP contribution in [0.1, 0.15) is 30.1 Å². The second-order valence-electron chi connectivity index (χ2n) is 4.69. The zero-order valence-corrected chi connectivity index (χ0v) is 12.2. The Kier molecular flexibility index (Phi) is 5.30. The minimum atomic E-state index is -0.107. The van der Waals surface area contributed by atoms with Gasteiger partial charge in [0.25, 0.3) is 5.91 Å². The van der Waals surface area contributed by atoms with Gasteiger partial charge < -0.3 is 5.32 Å². The minimum Gasteiger partial charge on any atom is -0.352 e. The van der Waals surface area contributed by atoms with Crippen LogP contribution in [0.5, 0.6) is 0 Å². The molecule has 20 heavy (non-hydrogen) atoms. The maximum atomic E-state index is 12.3. The number of aromatic nitrogens is 2. The summed E-state index contributed by atoms with van der Waals surface area (Å²) in [4.78, 5) is 20.7. The van der Waals surface area contributed by atoms with E-state index in [1.807, 2.05) is 12.1 Å². The topological polar surface area (TPSA) is 54.9 Å². The molecule has 0 aliphatic carbocycles. The normalized spacial score (nSPS) is 12.3. The molecule has 0 aliphatic rings. The Labute approximate surface area is 123 Å². The zero-order valence-electron chi connectivity index (χ0n) is 11.5. The van der Waals surface area contributed by atoms with Gasteiger partial charge in [-0.2, -0.15) is 0 Å². The van der Waals surface area contributed by atoms with Crippen molar-refractivity contribution >= 4 is 28.5 Å². The van der Waals surface area contributed by atoms with Gasteiger partial charge in [-0.15, -0.1) is 11.6 Å². The van der Waals surface area contributed by atoms with Gasteiger partial charge in [-0.05, 0) is 24.5 Å². The fourth-order valence-corrected chi connectivity index (χ4v) is 2.42. The highest BCUT2D eigenvalue weighted by molar-refractivity contribution is 6.17. The molecule has 0 saturated carbocycles. The summed E-state index contributed by atoms with van der Waals surface area (Å²) in [6.07, 6.45) is 5.13. The number of nitrogens with zero attached hydrogens (tertiary/aromatic N) is 2. The number of halogens is 1. The lowest BCUT2D eigenvalue weighted by Gasteiger charge is -2.14. The first kappa shape index (κ1) is 14.7.